The van der Waals surface area contributed by atoms with Crippen molar-refractivity contribution in [1.82, 2.24) is 0 Å². The fourth-order valence-corrected chi connectivity index (χ4v) is 2.01. The number of rotatable bonds is 3. The molecule has 0 atom stereocenters. The standard InChI is InChI=1S/C16H12BrF3/c17-11-1-2-12-3-5-13(6-4-12)14-7-9-15(10-8-14)16(18,19)20/h1-10H,11H2/b2-1+. The number of hydrogen-bond donors (Lipinski definition) is 0. The predicted molar refractivity (Wildman–Crippen MR) is 79.7 cm³/mol. The highest BCUT2D eigenvalue weighted by molar-refractivity contribution is 9.09. The van der Waals surface area contributed by atoms with Gasteiger partial charge in [0.1, 0.15) is 0 Å². The van der Waals surface area contributed by atoms with Crippen LogP contribution in [0.5, 0.6) is 0 Å². The number of benzene rings is 2. The first-order valence-electron chi connectivity index (χ1n) is 6.01. The maximum absolute atomic E-state index is 12.5. The molecule has 0 aliphatic rings. The van der Waals surface area contributed by atoms with Crippen molar-refractivity contribution >= 4 is 22.0 Å². The molecule has 0 saturated heterocycles. The highest BCUT2D eigenvalue weighted by Crippen LogP contribution is 2.31. The minimum Gasteiger partial charge on any atom is -0.166 e. The Kier molecular flexibility index (Phi) is 4.65. The van der Waals surface area contributed by atoms with Crippen molar-refractivity contribution in [3.8, 4) is 11.1 Å². The summed E-state index contributed by atoms with van der Waals surface area (Å²) >= 11 is 3.30. The third-order valence-electron chi connectivity index (χ3n) is 2.86. The van der Waals surface area contributed by atoms with E-state index in [4.69, 9.17) is 0 Å². The second kappa shape index (κ2) is 6.27. The minimum atomic E-state index is -4.29. The van der Waals surface area contributed by atoms with Crippen molar-refractivity contribution in [2.75, 3.05) is 5.33 Å². The molecule has 0 nitrogen and oxygen atoms in total. The largest absolute Gasteiger partial charge is 0.416 e. The van der Waals surface area contributed by atoms with E-state index >= 15 is 0 Å². The average molecular weight is 341 g/mol. The fourth-order valence-electron chi connectivity index (χ4n) is 1.82. The zero-order valence-electron chi connectivity index (χ0n) is 10.5. The highest BCUT2D eigenvalue weighted by atomic mass is 79.9. The smallest absolute Gasteiger partial charge is 0.166 e. The molecule has 2 aromatic carbocycles. The Morgan fingerprint density at radius 2 is 1.35 bits per heavy atom. The zero-order valence-corrected chi connectivity index (χ0v) is 12.1. The van der Waals surface area contributed by atoms with Gasteiger partial charge < -0.3 is 0 Å². The summed E-state index contributed by atoms with van der Waals surface area (Å²) in [4.78, 5) is 0. The number of halogens is 4. The summed E-state index contributed by atoms with van der Waals surface area (Å²) in [7, 11) is 0. The van der Waals surface area contributed by atoms with E-state index in [-0.39, 0.29) is 0 Å². The molecule has 0 amide bonds. The topological polar surface area (TPSA) is 0 Å². The molecule has 0 spiro atoms. The Morgan fingerprint density at radius 3 is 1.80 bits per heavy atom. The lowest BCUT2D eigenvalue weighted by molar-refractivity contribution is -0.137. The first kappa shape index (κ1) is 14.9. The molecule has 0 aliphatic heterocycles. The number of allylic oxidation sites excluding steroid dienone is 1. The van der Waals surface area contributed by atoms with Crippen LogP contribution < -0.4 is 0 Å². The monoisotopic (exact) mass is 340 g/mol. The van der Waals surface area contributed by atoms with Crippen LogP contribution >= 0.6 is 15.9 Å². The Balaban J connectivity index is 2.21. The maximum Gasteiger partial charge on any atom is 0.416 e. The molecule has 0 fully saturated rings. The quantitative estimate of drug-likeness (QED) is 0.621. The Bertz CT molecular complexity index is 581. The van der Waals surface area contributed by atoms with Gasteiger partial charge in [0.05, 0.1) is 5.56 Å². The Labute approximate surface area is 124 Å². The molecule has 2 aromatic rings. The fraction of sp³-hybridized carbons (Fsp3) is 0.125. The van der Waals surface area contributed by atoms with Crippen LogP contribution in [0.2, 0.25) is 0 Å². The molecular weight excluding hydrogens is 329 g/mol. The Morgan fingerprint density at radius 1 is 0.850 bits per heavy atom. The van der Waals surface area contributed by atoms with Gasteiger partial charge in [-0.1, -0.05) is 64.5 Å². The van der Waals surface area contributed by atoms with Crippen LogP contribution in [0.25, 0.3) is 17.2 Å². The van der Waals surface area contributed by atoms with Gasteiger partial charge in [-0.15, -0.1) is 0 Å². The summed E-state index contributed by atoms with van der Waals surface area (Å²) in [5, 5.41) is 0.785. The third-order valence-corrected chi connectivity index (χ3v) is 3.23. The van der Waals surface area contributed by atoms with E-state index in [0.29, 0.717) is 0 Å². The molecule has 104 valence electrons. The lowest BCUT2D eigenvalue weighted by atomic mass is 10.0. The van der Waals surface area contributed by atoms with Crippen LogP contribution in [-0.2, 0) is 6.18 Å². The first-order chi connectivity index (χ1) is 9.50. The van der Waals surface area contributed by atoms with Gasteiger partial charge in [-0.3, -0.25) is 0 Å². The first-order valence-corrected chi connectivity index (χ1v) is 7.13. The molecule has 0 aromatic heterocycles. The van der Waals surface area contributed by atoms with Gasteiger partial charge >= 0.3 is 6.18 Å². The van der Waals surface area contributed by atoms with E-state index in [1.165, 1.54) is 12.1 Å². The van der Waals surface area contributed by atoms with Crippen molar-refractivity contribution in [2.24, 2.45) is 0 Å². The van der Waals surface area contributed by atoms with Crippen molar-refractivity contribution in [3.63, 3.8) is 0 Å². The van der Waals surface area contributed by atoms with Crippen LogP contribution in [0.4, 0.5) is 13.2 Å². The van der Waals surface area contributed by atoms with Gasteiger partial charge in [0.25, 0.3) is 0 Å². The molecule has 2 rings (SSSR count). The summed E-state index contributed by atoms with van der Waals surface area (Å²) < 4.78 is 37.4. The molecule has 20 heavy (non-hydrogen) atoms. The highest BCUT2D eigenvalue weighted by Gasteiger charge is 2.29. The molecule has 0 bridgehead atoms. The molecule has 0 saturated carbocycles. The summed E-state index contributed by atoms with van der Waals surface area (Å²) in [5.41, 5.74) is 2.10. The summed E-state index contributed by atoms with van der Waals surface area (Å²) in [5.74, 6) is 0. The van der Waals surface area contributed by atoms with Crippen molar-refractivity contribution in [2.45, 2.75) is 6.18 Å². The third kappa shape index (κ3) is 3.73. The lowest BCUT2D eigenvalue weighted by Crippen LogP contribution is -2.03. The van der Waals surface area contributed by atoms with Gasteiger partial charge in [0.2, 0.25) is 0 Å². The summed E-state index contributed by atoms with van der Waals surface area (Å²) in [6.07, 6.45) is -0.332. The molecule has 0 heterocycles. The number of alkyl halides is 4. The van der Waals surface area contributed by atoms with Crippen LogP contribution in [0, 0.1) is 0 Å². The van der Waals surface area contributed by atoms with E-state index in [0.717, 1.165) is 34.2 Å². The van der Waals surface area contributed by atoms with Crippen LogP contribution in [0.1, 0.15) is 11.1 Å². The zero-order chi connectivity index (χ0) is 14.6. The summed E-state index contributed by atoms with van der Waals surface area (Å²) in [6, 6.07) is 12.9. The number of hydrogen-bond acceptors (Lipinski definition) is 0. The van der Waals surface area contributed by atoms with Crippen LogP contribution in [0.3, 0.4) is 0 Å². The van der Waals surface area contributed by atoms with Crippen molar-refractivity contribution < 1.29 is 13.2 Å². The van der Waals surface area contributed by atoms with Crippen molar-refractivity contribution in [1.29, 1.82) is 0 Å². The second-order valence-corrected chi connectivity index (χ2v) is 4.90. The van der Waals surface area contributed by atoms with Gasteiger partial charge in [0.15, 0.2) is 0 Å². The molecule has 4 heteroatoms. The normalized spacial score (nSPS) is 12.0. The Hall–Kier alpha value is -1.55. The van der Waals surface area contributed by atoms with Gasteiger partial charge in [-0.05, 0) is 28.8 Å². The lowest BCUT2D eigenvalue weighted by Gasteiger charge is -2.08. The molecule has 0 radical (unpaired) electrons. The molecule has 0 aliphatic carbocycles. The van der Waals surface area contributed by atoms with Gasteiger partial charge in [-0.25, -0.2) is 0 Å². The molecule has 0 N–H and O–H groups in total. The predicted octanol–water partition coefficient (Wildman–Crippen LogP) is 5.78. The maximum atomic E-state index is 12.5. The SMILES string of the molecule is FC(F)(F)c1ccc(-c2ccc(/C=C/CBr)cc2)cc1. The van der Waals surface area contributed by atoms with Gasteiger partial charge in [-0.2, -0.15) is 13.2 Å². The van der Waals surface area contributed by atoms with Crippen LogP contribution in [-0.4, -0.2) is 5.33 Å². The van der Waals surface area contributed by atoms with E-state index < -0.39 is 11.7 Å². The van der Waals surface area contributed by atoms with E-state index in [1.54, 1.807) is 0 Å². The average Bonchev–Trinajstić information content (AvgIpc) is 2.45. The van der Waals surface area contributed by atoms with E-state index in [9.17, 15) is 13.2 Å². The molecule has 0 unspecified atom stereocenters. The summed E-state index contributed by atoms with van der Waals surface area (Å²) in [6.45, 7) is 0. The second-order valence-electron chi connectivity index (χ2n) is 4.25. The minimum absolute atomic E-state index is 0.627. The van der Waals surface area contributed by atoms with E-state index in [1.807, 2.05) is 36.4 Å². The van der Waals surface area contributed by atoms with Crippen LogP contribution in [0.15, 0.2) is 54.6 Å². The van der Waals surface area contributed by atoms with Gasteiger partial charge in [0, 0.05) is 5.33 Å². The van der Waals surface area contributed by atoms with E-state index in [2.05, 4.69) is 15.9 Å². The molecular formula is C16H12BrF3. The van der Waals surface area contributed by atoms with Crippen molar-refractivity contribution in [3.05, 3.63) is 65.7 Å².